The molecule has 19 heavy (non-hydrogen) atoms. The molecule has 1 unspecified atom stereocenters. The van der Waals surface area contributed by atoms with Crippen molar-refractivity contribution >= 4 is 21.6 Å². The summed E-state index contributed by atoms with van der Waals surface area (Å²) in [6, 6.07) is 3.78. The van der Waals surface area contributed by atoms with Crippen molar-refractivity contribution in [1.82, 2.24) is 0 Å². The molecule has 104 valence electrons. The van der Waals surface area contributed by atoms with Gasteiger partial charge in [-0.25, -0.2) is 0 Å². The van der Waals surface area contributed by atoms with Gasteiger partial charge >= 0.3 is 6.18 Å². The highest BCUT2D eigenvalue weighted by molar-refractivity contribution is 9.10. The smallest absolute Gasteiger partial charge is 0.416 e. The Balaban J connectivity index is 2.03. The van der Waals surface area contributed by atoms with Crippen molar-refractivity contribution in [3.8, 4) is 0 Å². The maximum atomic E-state index is 12.7. The fourth-order valence-corrected chi connectivity index (χ4v) is 2.32. The lowest BCUT2D eigenvalue weighted by Crippen LogP contribution is -2.23. The average molecular weight is 336 g/mol. The molecule has 1 aliphatic rings. The van der Waals surface area contributed by atoms with Crippen LogP contribution in [0.5, 0.6) is 0 Å². The second-order valence-corrected chi connectivity index (χ2v) is 5.23. The lowest BCUT2D eigenvalue weighted by atomic mass is 10.1. The molecule has 1 heterocycles. The summed E-state index contributed by atoms with van der Waals surface area (Å²) >= 11 is 3.09. The summed E-state index contributed by atoms with van der Waals surface area (Å²) in [5, 5.41) is 2.98. The molecule has 2 nitrogen and oxygen atoms in total. The van der Waals surface area contributed by atoms with E-state index in [4.69, 9.17) is 4.74 Å². The van der Waals surface area contributed by atoms with Crippen LogP contribution in [0.3, 0.4) is 0 Å². The number of hydrogen-bond acceptors (Lipinski definition) is 2. The van der Waals surface area contributed by atoms with Crippen LogP contribution in [0.2, 0.25) is 0 Å². The molecule has 0 saturated carbocycles. The number of rotatable bonds is 3. The van der Waals surface area contributed by atoms with Crippen molar-refractivity contribution in [2.24, 2.45) is 0 Å². The molecule has 0 amide bonds. The van der Waals surface area contributed by atoms with Gasteiger partial charge < -0.3 is 10.1 Å². The number of anilines is 1. The molecule has 1 N–H and O–H groups in total. The fraction of sp³-hybridized carbons (Fsp3) is 0.385. The molecule has 1 aromatic carbocycles. The second-order valence-electron chi connectivity index (χ2n) is 4.31. The van der Waals surface area contributed by atoms with Gasteiger partial charge in [-0.2, -0.15) is 13.2 Å². The van der Waals surface area contributed by atoms with Crippen molar-refractivity contribution in [2.45, 2.75) is 25.1 Å². The monoisotopic (exact) mass is 335 g/mol. The van der Waals surface area contributed by atoms with E-state index in [9.17, 15) is 13.2 Å². The van der Waals surface area contributed by atoms with E-state index >= 15 is 0 Å². The first-order valence-corrected chi connectivity index (χ1v) is 6.66. The zero-order valence-corrected chi connectivity index (χ0v) is 11.6. The van der Waals surface area contributed by atoms with Crippen LogP contribution in [-0.2, 0) is 10.9 Å². The Labute approximate surface area is 117 Å². The van der Waals surface area contributed by atoms with Gasteiger partial charge in [-0.05, 0) is 37.1 Å². The minimum absolute atomic E-state index is 0.00156. The van der Waals surface area contributed by atoms with Crippen LogP contribution in [0.1, 0.15) is 18.4 Å². The topological polar surface area (TPSA) is 21.3 Å². The summed E-state index contributed by atoms with van der Waals surface area (Å²) in [5.74, 6) is 0. The van der Waals surface area contributed by atoms with Gasteiger partial charge in [-0.15, -0.1) is 0 Å². The average Bonchev–Trinajstić information content (AvgIpc) is 2.36. The largest absolute Gasteiger partial charge is 0.497 e. The summed E-state index contributed by atoms with van der Waals surface area (Å²) in [7, 11) is 0. The van der Waals surface area contributed by atoms with E-state index in [0.29, 0.717) is 16.7 Å². The van der Waals surface area contributed by atoms with Crippen LogP contribution in [0.15, 0.2) is 35.0 Å². The highest BCUT2D eigenvalue weighted by Crippen LogP contribution is 2.33. The van der Waals surface area contributed by atoms with Gasteiger partial charge in [0.15, 0.2) is 0 Å². The van der Waals surface area contributed by atoms with Crippen molar-refractivity contribution in [3.63, 3.8) is 0 Å². The number of alkyl halides is 3. The maximum absolute atomic E-state index is 12.7. The molecular weight excluding hydrogens is 323 g/mol. The van der Waals surface area contributed by atoms with Crippen molar-refractivity contribution in [1.29, 1.82) is 0 Å². The zero-order valence-electron chi connectivity index (χ0n) is 10.0. The molecule has 0 radical (unpaired) electrons. The summed E-state index contributed by atoms with van der Waals surface area (Å²) in [5.41, 5.74) is -0.242. The third-order valence-corrected chi connectivity index (χ3v) is 3.24. The van der Waals surface area contributed by atoms with Crippen LogP contribution in [0.4, 0.5) is 18.9 Å². The van der Waals surface area contributed by atoms with E-state index in [0.717, 1.165) is 25.0 Å². The van der Waals surface area contributed by atoms with Crippen LogP contribution >= 0.6 is 15.9 Å². The number of hydrogen-bond donors (Lipinski definition) is 1. The highest BCUT2D eigenvalue weighted by Gasteiger charge is 2.31. The molecule has 0 saturated heterocycles. The molecule has 0 bridgehead atoms. The third-order valence-electron chi connectivity index (χ3n) is 2.78. The van der Waals surface area contributed by atoms with Crippen LogP contribution in [0, 0.1) is 0 Å². The summed E-state index contributed by atoms with van der Waals surface area (Å²) < 4.78 is 43.7. The first kappa shape index (κ1) is 14.2. The van der Waals surface area contributed by atoms with E-state index in [-0.39, 0.29) is 6.10 Å². The summed E-state index contributed by atoms with van der Waals surface area (Å²) in [6.07, 6.45) is 1.01. The quantitative estimate of drug-likeness (QED) is 0.873. The Morgan fingerprint density at radius 1 is 1.32 bits per heavy atom. The van der Waals surface area contributed by atoms with Gasteiger partial charge in [0, 0.05) is 10.2 Å². The molecule has 0 aromatic heterocycles. The molecule has 0 aliphatic carbocycles. The normalized spacial score (nSPS) is 19.1. The number of nitrogens with one attached hydrogen (secondary N) is 1. The Hall–Kier alpha value is -1.17. The van der Waals surface area contributed by atoms with E-state index in [1.165, 1.54) is 0 Å². The molecule has 1 aliphatic heterocycles. The Morgan fingerprint density at radius 3 is 2.74 bits per heavy atom. The molecule has 2 rings (SSSR count). The van der Waals surface area contributed by atoms with Gasteiger partial charge in [0.2, 0.25) is 0 Å². The zero-order chi connectivity index (χ0) is 13.9. The number of allylic oxidation sites excluding steroid dienone is 1. The lowest BCUT2D eigenvalue weighted by Gasteiger charge is -2.20. The maximum Gasteiger partial charge on any atom is 0.416 e. The van der Waals surface area contributed by atoms with Gasteiger partial charge in [-0.1, -0.05) is 15.9 Å². The molecule has 1 aromatic rings. The summed E-state index contributed by atoms with van der Waals surface area (Å²) in [4.78, 5) is 0. The number of halogens is 4. The summed E-state index contributed by atoms with van der Waals surface area (Å²) in [6.45, 7) is 0.484. The minimum atomic E-state index is -4.34. The third kappa shape index (κ3) is 4.16. The Morgan fingerprint density at radius 2 is 2.11 bits per heavy atom. The predicted molar refractivity (Wildman–Crippen MR) is 70.9 cm³/mol. The van der Waals surface area contributed by atoms with Crippen molar-refractivity contribution < 1.29 is 17.9 Å². The van der Waals surface area contributed by atoms with Crippen molar-refractivity contribution in [3.05, 3.63) is 40.6 Å². The molecule has 1 atom stereocenters. The highest BCUT2D eigenvalue weighted by atomic mass is 79.9. The number of benzene rings is 1. The molecule has 0 spiro atoms. The Bertz CT molecular complexity index is 473. The van der Waals surface area contributed by atoms with E-state index in [1.807, 2.05) is 6.08 Å². The van der Waals surface area contributed by atoms with Gasteiger partial charge in [0.05, 0.1) is 18.4 Å². The van der Waals surface area contributed by atoms with Crippen molar-refractivity contribution in [2.75, 3.05) is 11.9 Å². The SMILES string of the molecule is FC(F)(F)c1cc(Br)cc(NCC2CCC=CO2)c1. The van der Waals surface area contributed by atoms with E-state index < -0.39 is 11.7 Å². The second kappa shape index (κ2) is 5.86. The number of ether oxygens (including phenoxy) is 1. The van der Waals surface area contributed by atoms with Crippen LogP contribution < -0.4 is 5.32 Å². The molecule has 0 fully saturated rings. The molecule has 6 heteroatoms. The van der Waals surface area contributed by atoms with Crippen LogP contribution in [0.25, 0.3) is 0 Å². The standard InChI is InChI=1S/C13H13BrF3NO/c14-10-5-9(13(15,16)17)6-11(7-10)18-8-12-3-1-2-4-19-12/h2,4-7,12,18H,1,3,8H2. The first-order valence-electron chi connectivity index (χ1n) is 5.87. The van der Waals surface area contributed by atoms with Gasteiger partial charge in [-0.3, -0.25) is 0 Å². The lowest BCUT2D eigenvalue weighted by molar-refractivity contribution is -0.137. The van der Waals surface area contributed by atoms with Gasteiger partial charge in [0.1, 0.15) is 6.10 Å². The van der Waals surface area contributed by atoms with E-state index in [1.54, 1.807) is 12.3 Å². The first-order chi connectivity index (χ1) is 8.95. The van der Waals surface area contributed by atoms with E-state index in [2.05, 4.69) is 21.2 Å². The fourth-order valence-electron chi connectivity index (χ4n) is 1.82. The Kier molecular flexibility index (Phi) is 4.39. The minimum Gasteiger partial charge on any atom is -0.497 e. The van der Waals surface area contributed by atoms with Gasteiger partial charge in [0.25, 0.3) is 0 Å². The predicted octanol–water partition coefficient (Wildman–Crippen LogP) is 4.57. The van der Waals surface area contributed by atoms with Crippen LogP contribution in [-0.4, -0.2) is 12.6 Å². The molecular formula is C13H13BrF3NO.